The molecule has 1 amide bonds. The summed E-state index contributed by atoms with van der Waals surface area (Å²) in [6.07, 6.45) is 1.41. The molecule has 0 unspecified atom stereocenters. The zero-order valence-electron chi connectivity index (χ0n) is 12.1. The van der Waals surface area contributed by atoms with Crippen LogP contribution in [0.2, 0.25) is 0 Å². The van der Waals surface area contributed by atoms with Crippen molar-refractivity contribution in [2.75, 3.05) is 4.90 Å². The Morgan fingerprint density at radius 1 is 1.17 bits per heavy atom. The van der Waals surface area contributed by atoms with Gasteiger partial charge in [0.05, 0.1) is 15.5 Å². The van der Waals surface area contributed by atoms with Gasteiger partial charge in [0.1, 0.15) is 0 Å². The van der Waals surface area contributed by atoms with Crippen molar-refractivity contribution in [2.24, 2.45) is 0 Å². The molecule has 0 aliphatic carbocycles. The lowest BCUT2D eigenvalue weighted by Crippen LogP contribution is -2.27. The number of hydrogen-bond acceptors (Lipinski definition) is 6. The predicted molar refractivity (Wildman–Crippen MR) is 96.9 cm³/mol. The summed E-state index contributed by atoms with van der Waals surface area (Å²) in [7, 11) is 0. The van der Waals surface area contributed by atoms with Gasteiger partial charge in [-0.05, 0) is 18.2 Å². The van der Waals surface area contributed by atoms with Crippen LogP contribution in [0, 0.1) is 10.1 Å². The third kappa shape index (κ3) is 2.89. The zero-order chi connectivity index (χ0) is 17.3. The van der Waals surface area contributed by atoms with Crippen LogP contribution < -0.4 is 4.90 Å². The number of nitrogens with zero attached hydrogens (tertiary/aromatic N) is 2. The van der Waals surface area contributed by atoms with E-state index in [1.165, 1.54) is 29.2 Å². The van der Waals surface area contributed by atoms with E-state index in [1.54, 1.807) is 24.3 Å². The Balaban J connectivity index is 1.99. The number of anilines is 1. The van der Waals surface area contributed by atoms with Crippen LogP contribution in [0.5, 0.6) is 5.75 Å². The van der Waals surface area contributed by atoms with Gasteiger partial charge < -0.3 is 5.11 Å². The maximum atomic E-state index is 12.6. The second kappa shape index (κ2) is 6.42. The summed E-state index contributed by atoms with van der Waals surface area (Å²) in [6.45, 7) is 0. The van der Waals surface area contributed by atoms with Crippen molar-refractivity contribution in [1.82, 2.24) is 0 Å². The van der Waals surface area contributed by atoms with Gasteiger partial charge in [-0.15, -0.1) is 0 Å². The first-order chi connectivity index (χ1) is 11.5. The number of phenolic OH excluding ortho intramolecular Hbond substituents is 1. The highest BCUT2D eigenvalue weighted by Crippen LogP contribution is 2.38. The highest BCUT2D eigenvalue weighted by molar-refractivity contribution is 8.27. The second-order valence-electron chi connectivity index (χ2n) is 4.82. The average Bonchev–Trinajstić information content (AvgIpc) is 2.84. The summed E-state index contributed by atoms with van der Waals surface area (Å²) in [5, 5.41) is 20.9. The molecule has 120 valence electrons. The number of thiocarbonyl (C=S) groups is 1. The number of benzene rings is 2. The van der Waals surface area contributed by atoms with E-state index in [0.29, 0.717) is 14.9 Å². The summed E-state index contributed by atoms with van der Waals surface area (Å²) in [5.41, 5.74) is 0.423. The van der Waals surface area contributed by atoms with Crippen LogP contribution in [-0.2, 0) is 4.79 Å². The molecule has 1 aliphatic heterocycles. The van der Waals surface area contributed by atoms with E-state index in [1.807, 2.05) is 6.07 Å². The number of para-hydroxylation sites is 2. The van der Waals surface area contributed by atoms with E-state index in [0.717, 1.165) is 11.8 Å². The fourth-order valence-corrected chi connectivity index (χ4v) is 3.51. The molecule has 2 aromatic carbocycles. The highest BCUT2D eigenvalue weighted by atomic mass is 32.2. The number of phenols is 1. The molecule has 0 radical (unpaired) electrons. The average molecular weight is 358 g/mol. The summed E-state index contributed by atoms with van der Waals surface area (Å²) < 4.78 is 0.363. The molecule has 0 spiro atoms. The lowest BCUT2D eigenvalue weighted by Gasteiger charge is -2.13. The van der Waals surface area contributed by atoms with Crippen molar-refractivity contribution in [1.29, 1.82) is 0 Å². The third-order valence-electron chi connectivity index (χ3n) is 3.34. The van der Waals surface area contributed by atoms with E-state index in [4.69, 9.17) is 12.2 Å². The number of carbonyl (C=O) groups is 1. The molecule has 3 rings (SSSR count). The number of nitro benzene ring substituents is 1. The standard InChI is InChI=1S/C16H10N2O4S2/c19-14-10(5-4-8-12(14)18(21)22)9-13-15(20)17(16(23)24-13)11-6-2-1-3-7-11/h1-9,19H/b13-9+. The minimum absolute atomic E-state index is 0.192. The topological polar surface area (TPSA) is 83.7 Å². The number of thioether (sulfide) groups is 1. The van der Waals surface area contributed by atoms with Gasteiger partial charge in [-0.3, -0.25) is 19.8 Å². The van der Waals surface area contributed by atoms with E-state index < -0.39 is 16.4 Å². The highest BCUT2D eigenvalue weighted by Gasteiger charge is 2.33. The lowest BCUT2D eigenvalue weighted by atomic mass is 10.1. The molecule has 1 heterocycles. The molecular weight excluding hydrogens is 348 g/mol. The molecule has 1 aliphatic rings. The molecule has 0 atom stereocenters. The van der Waals surface area contributed by atoms with Crippen LogP contribution >= 0.6 is 24.0 Å². The third-order valence-corrected chi connectivity index (χ3v) is 4.64. The molecule has 0 aromatic heterocycles. The first kappa shape index (κ1) is 16.2. The lowest BCUT2D eigenvalue weighted by molar-refractivity contribution is -0.385. The van der Waals surface area contributed by atoms with Crippen LogP contribution in [0.3, 0.4) is 0 Å². The second-order valence-corrected chi connectivity index (χ2v) is 6.50. The molecule has 0 saturated carbocycles. The van der Waals surface area contributed by atoms with Gasteiger partial charge in [0, 0.05) is 11.6 Å². The molecule has 2 aromatic rings. The number of nitro groups is 1. The number of rotatable bonds is 3. The minimum Gasteiger partial charge on any atom is -0.502 e. The van der Waals surface area contributed by atoms with E-state index in [9.17, 15) is 20.0 Å². The van der Waals surface area contributed by atoms with Gasteiger partial charge >= 0.3 is 5.69 Å². The summed E-state index contributed by atoms with van der Waals surface area (Å²) in [4.78, 5) is 24.5. The number of hydrogen-bond donors (Lipinski definition) is 1. The van der Waals surface area contributed by atoms with E-state index in [2.05, 4.69) is 0 Å². The van der Waals surface area contributed by atoms with Crippen LogP contribution in [0.25, 0.3) is 6.08 Å². The normalized spacial score (nSPS) is 16.0. The molecule has 6 nitrogen and oxygen atoms in total. The maximum absolute atomic E-state index is 12.6. The fourth-order valence-electron chi connectivity index (χ4n) is 2.22. The smallest absolute Gasteiger partial charge is 0.311 e. The first-order valence-electron chi connectivity index (χ1n) is 6.78. The summed E-state index contributed by atoms with van der Waals surface area (Å²) in [6, 6.07) is 13.1. The molecule has 1 fully saturated rings. The molecule has 8 heteroatoms. The van der Waals surface area contributed by atoms with E-state index in [-0.39, 0.29) is 11.5 Å². The minimum atomic E-state index is -0.679. The molecule has 1 saturated heterocycles. The van der Waals surface area contributed by atoms with Crippen LogP contribution in [0.15, 0.2) is 53.4 Å². The zero-order valence-corrected chi connectivity index (χ0v) is 13.7. The summed E-state index contributed by atoms with van der Waals surface area (Å²) in [5.74, 6) is -0.811. The Labute approximate surface area is 146 Å². The number of aromatic hydroxyl groups is 1. The van der Waals surface area contributed by atoms with Gasteiger partial charge in [0.25, 0.3) is 5.91 Å². The van der Waals surface area contributed by atoms with Gasteiger partial charge in [-0.2, -0.15) is 0 Å². The van der Waals surface area contributed by atoms with Crippen LogP contribution in [0.4, 0.5) is 11.4 Å². The largest absolute Gasteiger partial charge is 0.502 e. The van der Waals surface area contributed by atoms with Gasteiger partial charge in [-0.25, -0.2) is 0 Å². The van der Waals surface area contributed by atoms with Gasteiger partial charge in [-0.1, -0.05) is 54.3 Å². The van der Waals surface area contributed by atoms with Crippen molar-refractivity contribution < 1.29 is 14.8 Å². The monoisotopic (exact) mass is 358 g/mol. The van der Waals surface area contributed by atoms with Crippen LogP contribution in [-0.4, -0.2) is 20.3 Å². The van der Waals surface area contributed by atoms with Gasteiger partial charge in [0.2, 0.25) is 5.75 Å². The van der Waals surface area contributed by atoms with Crippen LogP contribution in [0.1, 0.15) is 5.56 Å². The number of carbonyl (C=O) groups excluding carboxylic acids is 1. The van der Waals surface area contributed by atoms with Crippen molar-refractivity contribution in [3.05, 3.63) is 69.1 Å². The Morgan fingerprint density at radius 3 is 2.54 bits per heavy atom. The van der Waals surface area contributed by atoms with Crippen molar-refractivity contribution in [3.8, 4) is 5.75 Å². The van der Waals surface area contributed by atoms with Crippen molar-refractivity contribution >= 4 is 51.7 Å². The quantitative estimate of drug-likeness (QED) is 0.390. The predicted octanol–water partition coefficient (Wildman–Crippen LogP) is 3.71. The Bertz CT molecular complexity index is 881. The van der Waals surface area contributed by atoms with Crippen molar-refractivity contribution in [2.45, 2.75) is 0 Å². The fraction of sp³-hybridized carbons (Fsp3) is 0. The molecule has 0 bridgehead atoms. The van der Waals surface area contributed by atoms with Crippen molar-refractivity contribution in [3.63, 3.8) is 0 Å². The van der Waals surface area contributed by atoms with Gasteiger partial charge in [0.15, 0.2) is 4.32 Å². The maximum Gasteiger partial charge on any atom is 0.311 e. The SMILES string of the molecule is O=C1/C(=C\c2cccc([N+](=O)[O-])c2O)SC(=S)N1c1ccccc1. The Hall–Kier alpha value is -2.71. The molecular formula is C16H10N2O4S2. The Kier molecular flexibility index (Phi) is 4.32. The molecule has 24 heavy (non-hydrogen) atoms. The van der Waals surface area contributed by atoms with E-state index >= 15 is 0 Å². The first-order valence-corrected chi connectivity index (χ1v) is 8.01. The molecule has 1 N–H and O–H groups in total. The summed E-state index contributed by atoms with van der Waals surface area (Å²) >= 11 is 6.33. The number of amides is 1. The Morgan fingerprint density at radius 2 is 1.88 bits per heavy atom.